The van der Waals surface area contributed by atoms with Gasteiger partial charge in [-0.3, -0.25) is 4.57 Å². The van der Waals surface area contributed by atoms with Gasteiger partial charge in [0.1, 0.15) is 11.2 Å². The first kappa shape index (κ1) is 35.4. The molecule has 3 heterocycles. The number of aromatic nitrogens is 4. The van der Waals surface area contributed by atoms with Crippen LogP contribution in [0, 0.1) is 0 Å². The molecule has 63 heavy (non-hydrogen) atoms. The molecule has 0 bridgehead atoms. The van der Waals surface area contributed by atoms with Crippen molar-refractivity contribution in [1.82, 2.24) is 19.5 Å². The Labute approximate surface area is 363 Å². The van der Waals surface area contributed by atoms with Gasteiger partial charge in [0.15, 0.2) is 11.6 Å². The van der Waals surface area contributed by atoms with Crippen LogP contribution in [-0.2, 0) is 5.41 Å². The predicted molar refractivity (Wildman–Crippen MR) is 255 cm³/mol. The molecule has 0 saturated heterocycles. The second-order valence-corrected chi connectivity index (χ2v) is 16.3. The molecule has 13 rings (SSSR count). The Kier molecular flexibility index (Phi) is 7.75. The maximum atomic E-state index is 6.40. The zero-order chi connectivity index (χ0) is 41.5. The highest BCUT2D eigenvalue weighted by Gasteiger charge is 2.46. The van der Waals surface area contributed by atoms with Crippen LogP contribution in [0.25, 0.3) is 94.7 Å². The zero-order valence-corrected chi connectivity index (χ0v) is 34.0. The molecule has 0 amide bonds. The van der Waals surface area contributed by atoms with Crippen LogP contribution in [0.5, 0.6) is 0 Å². The van der Waals surface area contributed by atoms with Gasteiger partial charge in [0.25, 0.3) is 0 Å². The summed E-state index contributed by atoms with van der Waals surface area (Å²) in [5.41, 5.74) is 14.4. The number of benzene rings is 9. The van der Waals surface area contributed by atoms with E-state index in [-0.39, 0.29) is 0 Å². The van der Waals surface area contributed by atoms with Crippen LogP contribution >= 0.6 is 0 Å². The Hall–Kier alpha value is -8.41. The molecule has 0 atom stereocenters. The third-order valence-corrected chi connectivity index (χ3v) is 12.9. The topological polar surface area (TPSA) is 56.7 Å². The van der Waals surface area contributed by atoms with Crippen molar-refractivity contribution in [2.75, 3.05) is 0 Å². The van der Waals surface area contributed by atoms with Gasteiger partial charge in [-0.05, 0) is 87.0 Å². The SMILES string of the molecule is c1ccc(-c2cccc(-c3nc(-c4ccc5c(c4)oc4ccccc45)nc(-n4c5ccccc5c5cc6c(cc54)C(c4ccccc4)(c4ccccc4)c4ccccc4-6)n3)c2)cc1. The summed E-state index contributed by atoms with van der Waals surface area (Å²) in [4.78, 5) is 16.1. The van der Waals surface area contributed by atoms with Gasteiger partial charge in [-0.15, -0.1) is 0 Å². The number of fused-ring (bicyclic) bond motifs is 9. The molecule has 0 radical (unpaired) electrons. The first-order chi connectivity index (χ1) is 31.2. The van der Waals surface area contributed by atoms with Crippen molar-refractivity contribution < 1.29 is 4.42 Å². The Morgan fingerprint density at radius 1 is 0.349 bits per heavy atom. The second kappa shape index (κ2) is 13.8. The maximum absolute atomic E-state index is 6.40. The Balaban J connectivity index is 1.11. The summed E-state index contributed by atoms with van der Waals surface area (Å²) in [5, 5.41) is 4.39. The smallest absolute Gasteiger partial charge is 0.238 e. The Morgan fingerprint density at radius 3 is 1.73 bits per heavy atom. The van der Waals surface area contributed by atoms with E-state index in [2.05, 4.69) is 199 Å². The van der Waals surface area contributed by atoms with Crippen molar-refractivity contribution in [3.05, 3.63) is 241 Å². The molecule has 0 N–H and O–H groups in total. The van der Waals surface area contributed by atoms with Crippen LogP contribution in [-0.4, -0.2) is 19.5 Å². The lowest BCUT2D eigenvalue weighted by molar-refractivity contribution is 0.669. The van der Waals surface area contributed by atoms with Crippen LogP contribution < -0.4 is 0 Å². The van der Waals surface area contributed by atoms with Crippen molar-refractivity contribution in [3.8, 4) is 51.0 Å². The van der Waals surface area contributed by atoms with Gasteiger partial charge < -0.3 is 4.42 Å². The molecule has 294 valence electrons. The van der Waals surface area contributed by atoms with Gasteiger partial charge in [-0.2, -0.15) is 9.97 Å². The third-order valence-electron chi connectivity index (χ3n) is 12.9. The largest absolute Gasteiger partial charge is 0.456 e. The molecule has 5 heteroatoms. The van der Waals surface area contributed by atoms with Crippen molar-refractivity contribution in [3.63, 3.8) is 0 Å². The van der Waals surface area contributed by atoms with Crippen molar-refractivity contribution in [2.24, 2.45) is 0 Å². The van der Waals surface area contributed by atoms with E-state index in [0.717, 1.165) is 66.0 Å². The van der Waals surface area contributed by atoms with E-state index in [1.54, 1.807) is 0 Å². The van der Waals surface area contributed by atoms with Crippen LogP contribution in [0.4, 0.5) is 0 Å². The molecule has 9 aromatic carbocycles. The lowest BCUT2D eigenvalue weighted by Crippen LogP contribution is -2.28. The lowest BCUT2D eigenvalue weighted by Gasteiger charge is -2.34. The van der Waals surface area contributed by atoms with Crippen LogP contribution in [0.15, 0.2) is 223 Å². The quantitative estimate of drug-likeness (QED) is 0.168. The van der Waals surface area contributed by atoms with Crippen LogP contribution in [0.1, 0.15) is 22.3 Å². The monoisotopic (exact) mass is 804 g/mol. The minimum atomic E-state index is -0.570. The average molecular weight is 805 g/mol. The van der Waals surface area contributed by atoms with E-state index in [1.165, 1.54) is 33.4 Å². The fourth-order valence-corrected chi connectivity index (χ4v) is 10.2. The van der Waals surface area contributed by atoms with E-state index in [9.17, 15) is 0 Å². The molecule has 1 aliphatic carbocycles. The number of hydrogen-bond acceptors (Lipinski definition) is 4. The Morgan fingerprint density at radius 2 is 0.952 bits per heavy atom. The lowest BCUT2D eigenvalue weighted by atomic mass is 9.67. The van der Waals surface area contributed by atoms with Crippen LogP contribution in [0.2, 0.25) is 0 Å². The highest BCUT2D eigenvalue weighted by molar-refractivity contribution is 6.12. The van der Waals surface area contributed by atoms with E-state index >= 15 is 0 Å². The van der Waals surface area contributed by atoms with Crippen molar-refractivity contribution >= 4 is 43.7 Å². The maximum Gasteiger partial charge on any atom is 0.238 e. The Bertz CT molecular complexity index is 3700. The summed E-state index contributed by atoms with van der Waals surface area (Å²) in [6.07, 6.45) is 0. The summed E-state index contributed by atoms with van der Waals surface area (Å²) in [6.45, 7) is 0. The van der Waals surface area contributed by atoms with Gasteiger partial charge in [-0.1, -0.05) is 176 Å². The fraction of sp³-hybridized carbons (Fsp3) is 0.0172. The average Bonchev–Trinajstić information content (AvgIpc) is 4.00. The van der Waals surface area contributed by atoms with E-state index in [1.807, 2.05) is 24.3 Å². The summed E-state index contributed by atoms with van der Waals surface area (Å²) in [6, 6.07) is 77.5. The number of furan rings is 1. The minimum Gasteiger partial charge on any atom is -0.456 e. The zero-order valence-electron chi connectivity index (χ0n) is 34.0. The molecular formula is C58H36N4O. The predicted octanol–water partition coefficient (Wildman–Crippen LogP) is 14.2. The van der Waals surface area contributed by atoms with Gasteiger partial charge in [0, 0.05) is 32.7 Å². The summed E-state index contributed by atoms with van der Waals surface area (Å²) >= 11 is 0. The molecular weight excluding hydrogens is 769 g/mol. The van der Waals surface area contributed by atoms with Gasteiger partial charge >= 0.3 is 0 Å². The normalized spacial score (nSPS) is 12.9. The molecule has 0 spiro atoms. The summed E-state index contributed by atoms with van der Waals surface area (Å²) in [5.74, 6) is 1.68. The second-order valence-electron chi connectivity index (χ2n) is 16.3. The summed E-state index contributed by atoms with van der Waals surface area (Å²) < 4.78 is 8.64. The number of hydrogen-bond donors (Lipinski definition) is 0. The molecule has 3 aromatic heterocycles. The molecule has 1 aliphatic rings. The first-order valence-electron chi connectivity index (χ1n) is 21.3. The highest BCUT2D eigenvalue weighted by atomic mass is 16.3. The van der Waals surface area contributed by atoms with Gasteiger partial charge in [0.05, 0.1) is 16.4 Å². The molecule has 0 fully saturated rings. The van der Waals surface area contributed by atoms with Gasteiger partial charge in [0.2, 0.25) is 5.95 Å². The molecule has 0 unspecified atom stereocenters. The van der Waals surface area contributed by atoms with Crippen molar-refractivity contribution in [2.45, 2.75) is 5.41 Å². The molecule has 5 nitrogen and oxygen atoms in total. The molecule has 0 aliphatic heterocycles. The van der Waals surface area contributed by atoms with Gasteiger partial charge in [-0.25, -0.2) is 4.98 Å². The number of nitrogens with zero attached hydrogens (tertiary/aromatic N) is 4. The van der Waals surface area contributed by atoms with E-state index in [4.69, 9.17) is 19.4 Å². The highest BCUT2D eigenvalue weighted by Crippen LogP contribution is 2.57. The number of rotatable bonds is 6. The van der Waals surface area contributed by atoms with E-state index in [0.29, 0.717) is 17.6 Å². The standard InChI is InChI=1S/C58H36N4O/c1-4-17-37(18-5-1)38-19-16-20-39(33-38)55-59-56(40-31-32-46-45-27-12-15-30-53(45)63-54(46)34-40)61-57(60-55)62-51-29-14-11-26-44(51)48-35-47-43-25-10-13-28-49(43)58(50(47)36-52(48)62,41-21-6-2-7-22-41)42-23-8-3-9-24-42/h1-36H. The van der Waals surface area contributed by atoms with Crippen LogP contribution in [0.3, 0.4) is 0 Å². The first-order valence-corrected chi connectivity index (χ1v) is 21.3. The minimum absolute atomic E-state index is 0.538. The van der Waals surface area contributed by atoms with E-state index < -0.39 is 5.41 Å². The number of para-hydroxylation sites is 2. The third kappa shape index (κ3) is 5.33. The van der Waals surface area contributed by atoms with Crippen molar-refractivity contribution in [1.29, 1.82) is 0 Å². The molecule has 0 saturated carbocycles. The molecule has 12 aromatic rings. The summed E-state index contributed by atoms with van der Waals surface area (Å²) in [7, 11) is 0. The fourth-order valence-electron chi connectivity index (χ4n) is 10.2.